The van der Waals surface area contributed by atoms with Gasteiger partial charge in [-0.25, -0.2) is 0 Å². The normalized spacial score (nSPS) is 10.7. The lowest BCUT2D eigenvalue weighted by molar-refractivity contribution is 0.102. The number of para-hydroxylation sites is 1. The molecule has 0 saturated carbocycles. The Morgan fingerprint density at radius 2 is 1.65 bits per heavy atom. The molecule has 0 fully saturated rings. The zero-order valence-electron chi connectivity index (χ0n) is 14.3. The van der Waals surface area contributed by atoms with Crippen molar-refractivity contribution in [2.75, 3.05) is 12.4 Å². The first-order valence-corrected chi connectivity index (χ1v) is 8.36. The fraction of sp³-hybridized carbons (Fsp3) is 0.0455. The Bertz CT molecular complexity index is 1010. The van der Waals surface area contributed by atoms with Crippen LogP contribution in [0.3, 0.4) is 0 Å². The lowest BCUT2D eigenvalue weighted by Gasteiger charge is -2.07. The molecule has 2 N–H and O–H groups in total. The van der Waals surface area contributed by atoms with E-state index in [-0.39, 0.29) is 5.91 Å². The molecule has 4 rings (SSSR count). The van der Waals surface area contributed by atoms with Crippen LogP contribution in [0.5, 0.6) is 5.75 Å². The number of ether oxygens (including phenoxy) is 1. The molecule has 1 heterocycles. The first-order valence-electron chi connectivity index (χ1n) is 8.36. The van der Waals surface area contributed by atoms with Crippen molar-refractivity contribution in [3.63, 3.8) is 0 Å². The van der Waals surface area contributed by atoms with Gasteiger partial charge in [0.1, 0.15) is 5.75 Å². The smallest absolute Gasteiger partial charge is 0.255 e. The van der Waals surface area contributed by atoms with Gasteiger partial charge in [-0.1, -0.05) is 30.3 Å². The first-order chi connectivity index (χ1) is 12.7. The zero-order chi connectivity index (χ0) is 17.9. The number of aromatic amines is 1. The summed E-state index contributed by atoms with van der Waals surface area (Å²) in [6, 6.07) is 25.1. The Kier molecular flexibility index (Phi) is 4.15. The number of aromatic nitrogens is 1. The molecule has 0 radical (unpaired) electrons. The summed E-state index contributed by atoms with van der Waals surface area (Å²) >= 11 is 0. The molecule has 0 unspecified atom stereocenters. The first kappa shape index (κ1) is 16.0. The van der Waals surface area contributed by atoms with Crippen molar-refractivity contribution in [1.82, 2.24) is 4.98 Å². The molecule has 4 heteroatoms. The molecular weight excluding hydrogens is 324 g/mol. The van der Waals surface area contributed by atoms with Crippen LogP contribution in [0.2, 0.25) is 0 Å². The Morgan fingerprint density at radius 3 is 2.35 bits per heavy atom. The maximum atomic E-state index is 12.3. The van der Waals surface area contributed by atoms with Crippen LogP contribution in [-0.4, -0.2) is 18.0 Å². The summed E-state index contributed by atoms with van der Waals surface area (Å²) in [5.74, 6) is 0.579. The summed E-state index contributed by atoms with van der Waals surface area (Å²) in [6.45, 7) is 0. The highest BCUT2D eigenvalue weighted by molar-refractivity contribution is 6.04. The van der Waals surface area contributed by atoms with Crippen molar-refractivity contribution in [1.29, 1.82) is 0 Å². The Hall–Kier alpha value is -3.53. The van der Waals surface area contributed by atoms with Gasteiger partial charge in [-0.2, -0.15) is 0 Å². The third-order valence-corrected chi connectivity index (χ3v) is 4.34. The van der Waals surface area contributed by atoms with Crippen LogP contribution in [0.4, 0.5) is 5.69 Å². The lowest BCUT2D eigenvalue weighted by Crippen LogP contribution is -2.11. The number of H-pyrrole nitrogens is 1. The van der Waals surface area contributed by atoms with Crippen LogP contribution in [0.25, 0.3) is 22.2 Å². The van der Waals surface area contributed by atoms with Gasteiger partial charge in [0, 0.05) is 27.8 Å². The van der Waals surface area contributed by atoms with E-state index in [1.165, 1.54) is 5.39 Å². The zero-order valence-corrected chi connectivity index (χ0v) is 14.3. The van der Waals surface area contributed by atoms with Crippen LogP contribution in [0.1, 0.15) is 10.4 Å². The van der Waals surface area contributed by atoms with Gasteiger partial charge in [-0.15, -0.1) is 0 Å². The molecule has 4 aromatic rings. The van der Waals surface area contributed by atoms with E-state index in [9.17, 15) is 4.79 Å². The van der Waals surface area contributed by atoms with Gasteiger partial charge in [-0.3, -0.25) is 4.79 Å². The van der Waals surface area contributed by atoms with Gasteiger partial charge < -0.3 is 15.0 Å². The molecule has 1 aromatic heterocycles. The van der Waals surface area contributed by atoms with E-state index in [2.05, 4.69) is 28.5 Å². The molecule has 4 nitrogen and oxygen atoms in total. The van der Waals surface area contributed by atoms with Crippen LogP contribution in [0.15, 0.2) is 78.9 Å². The molecule has 0 bridgehead atoms. The standard InChI is InChI=1S/C22H18N2O2/c1-26-19-12-8-16(9-13-19)22(25)23-18-10-6-15(7-11-18)21-14-17-4-2-3-5-20(17)24-21/h2-14,24H,1H3,(H,23,25). The maximum absolute atomic E-state index is 12.3. The molecule has 0 saturated heterocycles. The molecule has 0 aliphatic carbocycles. The third kappa shape index (κ3) is 3.17. The molecular formula is C22H18N2O2. The van der Waals surface area contributed by atoms with E-state index < -0.39 is 0 Å². The van der Waals surface area contributed by atoms with Crippen molar-refractivity contribution in [2.24, 2.45) is 0 Å². The second-order valence-corrected chi connectivity index (χ2v) is 6.03. The number of hydrogen-bond donors (Lipinski definition) is 2. The molecule has 0 atom stereocenters. The number of hydrogen-bond acceptors (Lipinski definition) is 2. The van der Waals surface area contributed by atoms with Crippen LogP contribution >= 0.6 is 0 Å². The number of rotatable bonds is 4. The van der Waals surface area contributed by atoms with Crippen molar-refractivity contribution < 1.29 is 9.53 Å². The van der Waals surface area contributed by atoms with Crippen molar-refractivity contribution in [3.05, 3.63) is 84.4 Å². The Labute approximate surface area is 151 Å². The van der Waals surface area contributed by atoms with Gasteiger partial charge >= 0.3 is 0 Å². The van der Waals surface area contributed by atoms with Crippen molar-refractivity contribution in [3.8, 4) is 17.0 Å². The highest BCUT2D eigenvalue weighted by Gasteiger charge is 2.07. The lowest BCUT2D eigenvalue weighted by atomic mass is 10.1. The van der Waals surface area contributed by atoms with Crippen LogP contribution in [-0.2, 0) is 0 Å². The monoisotopic (exact) mass is 342 g/mol. The quantitative estimate of drug-likeness (QED) is 0.542. The second kappa shape index (κ2) is 6.76. The summed E-state index contributed by atoms with van der Waals surface area (Å²) in [7, 11) is 1.60. The number of fused-ring (bicyclic) bond motifs is 1. The minimum Gasteiger partial charge on any atom is -0.497 e. The van der Waals surface area contributed by atoms with Crippen LogP contribution in [0, 0.1) is 0 Å². The molecule has 128 valence electrons. The van der Waals surface area contributed by atoms with Gasteiger partial charge in [0.2, 0.25) is 0 Å². The highest BCUT2D eigenvalue weighted by atomic mass is 16.5. The minimum atomic E-state index is -0.147. The maximum Gasteiger partial charge on any atom is 0.255 e. The molecule has 0 aliphatic heterocycles. The predicted octanol–water partition coefficient (Wildman–Crippen LogP) is 5.10. The average Bonchev–Trinajstić information content (AvgIpc) is 3.13. The molecule has 26 heavy (non-hydrogen) atoms. The second-order valence-electron chi connectivity index (χ2n) is 6.03. The Balaban J connectivity index is 1.50. The van der Waals surface area contributed by atoms with Gasteiger partial charge in [0.05, 0.1) is 7.11 Å². The SMILES string of the molecule is COc1ccc(C(=O)Nc2ccc(-c3cc4ccccc4[nH]3)cc2)cc1. The van der Waals surface area contributed by atoms with Crippen molar-refractivity contribution in [2.45, 2.75) is 0 Å². The molecule has 0 spiro atoms. The van der Waals surface area contributed by atoms with E-state index in [4.69, 9.17) is 4.74 Å². The number of benzene rings is 3. The van der Waals surface area contributed by atoms with E-state index >= 15 is 0 Å². The summed E-state index contributed by atoms with van der Waals surface area (Å²) in [4.78, 5) is 15.7. The number of carbonyl (C=O) groups excluding carboxylic acids is 1. The van der Waals surface area contributed by atoms with Gasteiger partial charge in [0.15, 0.2) is 0 Å². The molecule has 3 aromatic carbocycles. The van der Waals surface area contributed by atoms with Gasteiger partial charge in [0.25, 0.3) is 5.91 Å². The predicted molar refractivity (Wildman–Crippen MR) is 105 cm³/mol. The Morgan fingerprint density at radius 1 is 0.923 bits per heavy atom. The fourth-order valence-corrected chi connectivity index (χ4v) is 2.91. The number of amides is 1. The number of methoxy groups -OCH3 is 1. The summed E-state index contributed by atoms with van der Waals surface area (Å²) in [6.07, 6.45) is 0. The number of anilines is 1. The average molecular weight is 342 g/mol. The third-order valence-electron chi connectivity index (χ3n) is 4.34. The molecule has 0 aliphatic rings. The number of carbonyl (C=O) groups is 1. The van der Waals surface area contributed by atoms with E-state index in [0.29, 0.717) is 5.56 Å². The highest BCUT2D eigenvalue weighted by Crippen LogP contribution is 2.25. The fourth-order valence-electron chi connectivity index (χ4n) is 2.91. The molecule has 1 amide bonds. The van der Waals surface area contributed by atoms with E-state index in [1.54, 1.807) is 31.4 Å². The summed E-state index contributed by atoms with van der Waals surface area (Å²) in [5, 5.41) is 4.09. The van der Waals surface area contributed by atoms with Crippen LogP contribution < -0.4 is 10.1 Å². The topological polar surface area (TPSA) is 54.1 Å². The summed E-state index contributed by atoms with van der Waals surface area (Å²) in [5.41, 5.74) is 4.58. The minimum absolute atomic E-state index is 0.147. The van der Waals surface area contributed by atoms with Crippen molar-refractivity contribution >= 4 is 22.5 Å². The summed E-state index contributed by atoms with van der Waals surface area (Å²) < 4.78 is 5.11. The largest absolute Gasteiger partial charge is 0.497 e. The van der Waals surface area contributed by atoms with Gasteiger partial charge in [-0.05, 0) is 54.1 Å². The van der Waals surface area contributed by atoms with E-state index in [0.717, 1.165) is 28.2 Å². The van der Waals surface area contributed by atoms with E-state index in [1.807, 2.05) is 36.4 Å². The number of nitrogens with one attached hydrogen (secondary N) is 2.